The molecule has 0 bridgehead atoms. The van der Waals surface area contributed by atoms with Crippen molar-refractivity contribution in [3.8, 4) is 0 Å². The Hall–Kier alpha value is -1.40. The zero-order valence-electron chi connectivity index (χ0n) is 12.2. The van der Waals surface area contributed by atoms with Crippen LogP contribution >= 0.6 is 0 Å². The van der Waals surface area contributed by atoms with Crippen LogP contribution in [0.1, 0.15) is 18.3 Å². The minimum Gasteiger partial charge on any atom is -0.322 e. The number of hydrogen-bond donors (Lipinski definition) is 2. The molecule has 0 aromatic carbocycles. The van der Waals surface area contributed by atoms with Gasteiger partial charge in [-0.1, -0.05) is 0 Å². The number of carbonyl (C=O) groups is 1. The first-order valence-electron chi connectivity index (χ1n) is 6.73. The second kappa shape index (κ2) is 5.71. The molecule has 2 rings (SSSR count). The number of aromatic nitrogens is 2. The molecule has 0 saturated carbocycles. The van der Waals surface area contributed by atoms with Crippen LogP contribution in [0, 0.1) is 13.8 Å². The molecule has 106 valence electrons. The van der Waals surface area contributed by atoms with Crippen LogP contribution in [0.3, 0.4) is 0 Å². The summed E-state index contributed by atoms with van der Waals surface area (Å²) in [5.74, 6) is 0.0355. The SMILES string of the molecule is Cc1nn(C)c(C)c1NC(=O)CN1CCN[C@@H](C)C1. The number of aryl methyl sites for hydroxylation is 2. The number of carbonyl (C=O) groups excluding carboxylic acids is 1. The van der Waals surface area contributed by atoms with E-state index in [1.165, 1.54) is 0 Å². The van der Waals surface area contributed by atoms with E-state index in [1.54, 1.807) is 4.68 Å². The average molecular weight is 265 g/mol. The number of hydrogen-bond acceptors (Lipinski definition) is 4. The lowest BCUT2D eigenvalue weighted by Gasteiger charge is -2.31. The Morgan fingerprint density at radius 1 is 1.53 bits per heavy atom. The standard InChI is InChI=1S/C13H23N5O/c1-9-7-18(6-5-14-9)8-12(19)15-13-10(2)16-17(4)11(13)3/h9,14H,5-8H2,1-4H3,(H,15,19)/t9-/m0/s1. The summed E-state index contributed by atoms with van der Waals surface area (Å²) < 4.78 is 1.79. The third kappa shape index (κ3) is 3.33. The number of nitrogens with zero attached hydrogens (tertiary/aromatic N) is 3. The maximum absolute atomic E-state index is 12.1. The van der Waals surface area contributed by atoms with E-state index >= 15 is 0 Å². The summed E-state index contributed by atoms with van der Waals surface area (Å²) in [6.07, 6.45) is 0. The lowest BCUT2D eigenvalue weighted by molar-refractivity contribution is -0.117. The zero-order chi connectivity index (χ0) is 14.0. The van der Waals surface area contributed by atoms with Gasteiger partial charge in [-0.05, 0) is 20.8 Å². The molecule has 1 aromatic heterocycles. The van der Waals surface area contributed by atoms with Crippen molar-refractivity contribution in [3.63, 3.8) is 0 Å². The highest BCUT2D eigenvalue weighted by Crippen LogP contribution is 2.18. The summed E-state index contributed by atoms with van der Waals surface area (Å²) in [7, 11) is 1.88. The summed E-state index contributed by atoms with van der Waals surface area (Å²) in [6, 6.07) is 0.448. The molecule has 1 aromatic rings. The zero-order valence-corrected chi connectivity index (χ0v) is 12.2. The van der Waals surface area contributed by atoms with Gasteiger partial charge in [-0.15, -0.1) is 0 Å². The van der Waals surface area contributed by atoms with Gasteiger partial charge in [0.2, 0.25) is 5.91 Å². The summed E-state index contributed by atoms with van der Waals surface area (Å²) in [5, 5.41) is 10.6. The van der Waals surface area contributed by atoms with E-state index in [0.29, 0.717) is 12.6 Å². The Kier molecular flexibility index (Phi) is 4.21. The molecule has 0 radical (unpaired) electrons. The highest BCUT2D eigenvalue weighted by molar-refractivity contribution is 5.93. The fraction of sp³-hybridized carbons (Fsp3) is 0.692. The van der Waals surface area contributed by atoms with Crippen LogP contribution in [0.4, 0.5) is 5.69 Å². The molecule has 0 spiro atoms. The van der Waals surface area contributed by atoms with Crippen molar-refractivity contribution in [2.75, 3.05) is 31.5 Å². The van der Waals surface area contributed by atoms with Gasteiger partial charge in [0.15, 0.2) is 0 Å². The van der Waals surface area contributed by atoms with Crippen LogP contribution < -0.4 is 10.6 Å². The summed E-state index contributed by atoms with van der Waals surface area (Å²) in [6.45, 7) is 9.23. The molecule has 1 amide bonds. The molecule has 2 heterocycles. The molecule has 1 aliphatic rings. The largest absolute Gasteiger partial charge is 0.322 e. The Bertz CT molecular complexity index is 468. The van der Waals surface area contributed by atoms with Crippen LogP contribution in [0.25, 0.3) is 0 Å². The number of nitrogens with one attached hydrogen (secondary N) is 2. The highest BCUT2D eigenvalue weighted by atomic mass is 16.2. The van der Waals surface area contributed by atoms with Crippen molar-refractivity contribution in [1.29, 1.82) is 0 Å². The number of amides is 1. The molecule has 6 heteroatoms. The predicted octanol–water partition coefficient (Wildman–Crippen LogP) is 0.269. The van der Waals surface area contributed by atoms with Crippen molar-refractivity contribution in [2.24, 2.45) is 7.05 Å². The Morgan fingerprint density at radius 2 is 2.26 bits per heavy atom. The average Bonchev–Trinajstić information content (AvgIpc) is 2.56. The molecule has 2 N–H and O–H groups in total. The minimum absolute atomic E-state index is 0.0355. The summed E-state index contributed by atoms with van der Waals surface area (Å²) >= 11 is 0. The number of piperazine rings is 1. The summed E-state index contributed by atoms with van der Waals surface area (Å²) in [4.78, 5) is 14.3. The maximum atomic E-state index is 12.1. The smallest absolute Gasteiger partial charge is 0.238 e. The lowest BCUT2D eigenvalue weighted by atomic mass is 10.2. The van der Waals surface area contributed by atoms with Gasteiger partial charge in [-0.2, -0.15) is 5.10 Å². The quantitative estimate of drug-likeness (QED) is 0.823. The molecule has 1 saturated heterocycles. The molecule has 1 aliphatic heterocycles. The Labute approximate surface area is 114 Å². The monoisotopic (exact) mass is 265 g/mol. The minimum atomic E-state index is 0.0355. The summed E-state index contributed by atoms with van der Waals surface area (Å²) in [5.41, 5.74) is 2.69. The van der Waals surface area contributed by atoms with E-state index in [2.05, 4.69) is 27.6 Å². The van der Waals surface area contributed by atoms with Crippen molar-refractivity contribution in [3.05, 3.63) is 11.4 Å². The van der Waals surface area contributed by atoms with E-state index in [1.807, 2.05) is 20.9 Å². The van der Waals surface area contributed by atoms with Crippen LogP contribution in [0.2, 0.25) is 0 Å². The molecular formula is C13H23N5O. The third-order valence-electron chi connectivity index (χ3n) is 3.59. The van der Waals surface area contributed by atoms with Gasteiger partial charge in [-0.3, -0.25) is 14.4 Å². The van der Waals surface area contributed by atoms with Crippen LogP contribution in [0.15, 0.2) is 0 Å². The fourth-order valence-corrected chi connectivity index (χ4v) is 2.49. The van der Waals surface area contributed by atoms with Crippen LogP contribution in [-0.4, -0.2) is 52.8 Å². The van der Waals surface area contributed by atoms with E-state index in [4.69, 9.17) is 0 Å². The second-order valence-corrected chi connectivity index (χ2v) is 5.31. The van der Waals surface area contributed by atoms with E-state index in [-0.39, 0.29) is 5.91 Å². The first-order valence-corrected chi connectivity index (χ1v) is 6.73. The highest BCUT2D eigenvalue weighted by Gasteiger charge is 2.19. The van der Waals surface area contributed by atoms with E-state index in [0.717, 1.165) is 36.7 Å². The lowest BCUT2D eigenvalue weighted by Crippen LogP contribution is -2.51. The first kappa shape index (κ1) is 14.0. The van der Waals surface area contributed by atoms with Crippen LogP contribution in [0.5, 0.6) is 0 Å². The normalized spacial score (nSPS) is 20.5. The molecule has 0 unspecified atom stereocenters. The van der Waals surface area contributed by atoms with Gasteiger partial charge in [-0.25, -0.2) is 0 Å². The molecule has 19 heavy (non-hydrogen) atoms. The third-order valence-corrected chi connectivity index (χ3v) is 3.59. The molecule has 0 aliphatic carbocycles. The first-order chi connectivity index (χ1) is 8.97. The van der Waals surface area contributed by atoms with Crippen molar-refractivity contribution in [2.45, 2.75) is 26.8 Å². The molecule has 1 fully saturated rings. The van der Waals surface area contributed by atoms with Gasteiger partial charge >= 0.3 is 0 Å². The van der Waals surface area contributed by atoms with Gasteiger partial charge in [0.1, 0.15) is 0 Å². The number of anilines is 1. The number of rotatable bonds is 3. The van der Waals surface area contributed by atoms with Gasteiger partial charge in [0.05, 0.1) is 23.6 Å². The predicted molar refractivity (Wildman–Crippen MR) is 75.2 cm³/mol. The van der Waals surface area contributed by atoms with E-state index in [9.17, 15) is 4.79 Å². The fourth-order valence-electron chi connectivity index (χ4n) is 2.49. The Morgan fingerprint density at radius 3 is 2.84 bits per heavy atom. The van der Waals surface area contributed by atoms with Crippen molar-refractivity contribution in [1.82, 2.24) is 20.0 Å². The molecule has 6 nitrogen and oxygen atoms in total. The van der Waals surface area contributed by atoms with E-state index < -0.39 is 0 Å². The van der Waals surface area contributed by atoms with Gasteiger partial charge < -0.3 is 10.6 Å². The maximum Gasteiger partial charge on any atom is 0.238 e. The Balaban J connectivity index is 1.94. The second-order valence-electron chi connectivity index (χ2n) is 5.31. The topological polar surface area (TPSA) is 62.2 Å². The van der Waals surface area contributed by atoms with Crippen molar-refractivity contribution < 1.29 is 4.79 Å². The van der Waals surface area contributed by atoms with Gasteiger partial charge in [0.25, 0.3) is 0 Å². The molecular weight excluding hydrogens is 242 g/mol. The molecule has 1 atom stereocenters. The van der Waals surface area contributed by atoms with Crippen molar-refractivity contribution >= 4 is 11.6 Å². The van der Waals surface area contributed by atoms with Gasteiger partial charge in [0, 0.05) is 32.7 Å². The van der Waals surface area contributed by atoms with Crippen LogP contribution in [-0.2, 0) is 11.8 Å².